The van der Waals surface area contributed by atoms with Crippen molar-refractivity contribution >= 4 is 23.3 Å². The number of carbonyl (C=O) groups is 1. The normalized spacial score (nSPS) is 15.0. The van der Waals surface area contributed by atoms with E-state index in [0.29, 0.717) is 29.6 Å². The molecule has 2 aromatic carbocycles. The van der Waals surface area contributed by atoms with Crippen molar-refractivity contribution in [3.05, 3.63) is 53.1 Å². The lowest BCUT2D eigenvalue weighted by molar-refractivity contribution is 0.176. The standard InChI is InChI=1S/C22H28ClN3O3/c1-28-20-8-7-18(13-21(20)29-2)25-22(27)24-14-16-9-11-26(12-10-16)15-17-5-3-4-6-19(17)23/h3-8,13,16H,9-12,14-15H2,1-2H3,(H2,24,25,27). The number of rotatable bonds is 7. The molecule has 156 valence electrons. The Hall–Kier alpha value is -2.44. The van der Waals surface area contributed by atoms with Gasteiger partial charge < -0.3 is 20.1 Å². The molecule has 0 atom stereocenters. The zero-order valence-electron chi connectivity index (χ0n) is 16.9. The van der Waals surface area contributed by atoms with E-state index in [2.05, 4.69) is 21.6 Å². The zero-order valence-corrected chi connectivity index (χ0v) is 17.7. The summed E-state index contributed by atoms with van der Waals surface area (Å²) in [5.74, 6) is 1.69. The Bertz CT molecular complexity index is 823. The Kier molecular flexibility index (Phi) is 7.61. The Morgan fingerprint density at radius 3 is 2.52 bits per heavy atom. The SMILES string of the molecule is COc1ccc(NC(=O)NCC2CCN(Cc3ccccc3Cl)CC2)cc1OC. The molecule has 2 amide bonds. The van der Waals surface area contributed by atoms with Gasteiger partial charge in [0.25, 0.3) is 0 Å². The number of nitrogens with zero attached hydrogens (tertiary/aromatic N) is 1. The first kappa shape index (κ1) is 21.3. The van der Waals surface area contributed by atoms with E-state index >= 15 is 0 Å². The molecule has 7 heteroatoms. The first-order valence-electron chi connectivity index (χ1n) is 9.81. The number of hydrogen-bond acceptors (Lipinski definition) is 4. The minimum absolute atomic E-state index is 0.212. The third kappa shape index (κ3) is 6.02. The minimum atomic E-state index is -0.212. The predicted molar refractivity (Wildman–Crippen MR) is 116 cm³/mol. The van der Waals surface area contributed by atoms with Gasteiger partial charge in [0.15, 0.2) is 11.5 Å². The highest BCUT2D eigenvalue weighted by Gasteiger charge is 2.20. The summed E-state index contributed by atoms with van der Waals surface area (Å²) in [5, 5.41) is 6.65. The van der Waals surface area contributed by atoms with Crippen LogP contribution in [0.3, 0.4) is 0 Å². The van der Waals surface area contributed by atoms with E-state index < -0.39 is 0 Å². The number of piperidine rings is 1. The van der Waals surface area contributed by atoms with Gasteiger partial charge in [0.2, 0.25) is 0 Å². The minimum Gasteiger partial charge on any atom is -0.493 e. The second kappa shape index (κ2) is 10.4. The number of carbonyl (C=O) groups excluding carboxylic acids is 1. The van der Waals surface area contributed by atoms with Gasteiger partial charge >= 0.3 is 6.03 Å². The highest BCUT2D eigenvalue weighted by atomic mass is 35.5. The molecule has 29 heavy (non-hydrogen) atoms. The van der Waals surface area contributed by atoms with Crippen molar-refractivity contribution < 1.29 is 14.3 Å². The molecule has 0 aromatic heterocycles. The van der Waals surface area contributed by atoms with Crippen molar-refractivity contribution in [2.24, 2.45) is 5.92 Å². The fraction of sp³-hybridized carbons (Fsp3) is 0.409. The van der Waals surface area contributed by atoms with Crippen molar-refractivity contribution in [3.63, 3.8) is 0 Å². The molecule has 0 bridgehead atoms. The second-order valence-electron chi connectivity index (χ2n) is 7.22. The monoisotopic (exact) mass is 417 g/mol. The first-order valence-corrected chi connectivity index (χ1v) is 10.2. The van der Waals surface area contributed by atoms with Crippen molar-refractivity contribution in [1.29, 1.82) is 0 Å². The summed E-state index contributed by atoms with van der Waals surface area (Å²) in [6.45, 7) is 3.56. The summed E-state index contributed by atoms with van der Waals surface area (Å²) in [5.41, 5.74) is 1.83. The molecule has 0 aliphatic carbocycles. The van der Waals surface area contributed by atoms with Crippen LogP contribution in [0.15, 0.2) is 42.5 Å². The Morgan fingerprint density at radius 2 is 1.83 bits per heavy atom. The van der Waals surface area contributed by atoms with E-state index in [1.165, 1.54) is 5.56 Å². The van der Waals surface area contributed by atoms with Crippen LogP contribution < -0.4 is 20.1 Å². The van der Waals surface area contributed by atoms with Crippen LogP contribution in [0.4, 0.5) is 10.5 Å². The summed E-state index contributed by atoms with van der Waals surface area (Å²) >= 11 is 6.26. The number of benzene rings is 2. The van der Waals surface area contributed by atoms with Crippen LogP contribution in [-0.2, 0) is 6.54 Å². The van der Waals surface area contributed by atoms with Crippen LogP contribution >= 0.6 is 11.6 Å². The molecule has 1 fully saturated rings. The number of nitrogens with one attached hydrogen (secondary N) is 2. The Balaban J connectivity index is 1.41. The molecule has 1 aliphatic heterocycles. The summed E-state index contributed by atoms with van der Waals surface area (Å²) in [7, 11) is 3.15. The lowest BCUT2D eigenvalue weighted by Crippen LogP contribution is -2.39. The van der Waals surface area contributed by atoms with Crippen molar-refractivity contribution in [2.45, 2.75) is 19.4 Å². The first-order chi connectivity index (χ1) is 14.1. The van der Waals surface area contributed by atoms with Crippen molar-refractivity contribution in [1.82, 2.24) is 10.2 Å². The number of urea groups is 1. The smallest absolute Gasteiger partial charge is 0.319 e. The number of ether oxygens (including phenoxy) is 2. The molecular weight excluding hydrogens is 390 g/mol. The number of amides is 2. The van der Waals surface area contributed by atoms with E-state index in [9.17, 15) is 4.79 Å². The third-order valence-corrected chi connectivity index (χ3v) is 5.62. The summed E-state index contributed by atoms with van der Waals surface area (Å²) in [6, 6.07) is 13.1. The molecule has 2 N–H and O–H groups in total. The van der Waals surface area contributed by atoms with Gasteiger partial charge in [0, 0.05) is 29.9 Å². The summed E-state index contributed by atoms with van der Waals surface area (Å²) in [4.78, 5) is 14.7. The van der Waals surface area contributed by atoms with E-state index in [4.69, 9.17) is 21.1 Å². The lowest BCUT2D eigenvalue weighted by atomic mass is 9.96. The molecular formula is C22H28ClN3O3. The van der Waals surface area contributed by atoms with Crippen LogP contribution in [0.2, 0.25) is 5.02 Å². The fourth-order valence-electron chi connectivity index (χ4n) is 3.54. The van der Waals surface area contributed by atoms with Crippen LogP contribution in [0.5, 0.6) is 11.5 Å². The van der Waals surface area contributed by atoms with Gasteiger partial charge in [-0.15, -0.1) is 0 Å². The van der Waals surface area contributed by atoms with Gasteiger partial charge in [-0.05, 0) is 55.6 Å². The van der Waals surface area contributed by atoms with Crippen molar-refractivity contribution in [2.75, 3.05) is 39.2 Å². The molecule has 0 saturated carbocycles. The van der Waals surface area contributed by atoms with Crippen LogP contribution in [0, 0.1) is 5.92 Å². The molecule has 1 aliphatic rings. The summed E-state index contributed by atoms with van der Waals surface area (Å²) in [6.07, 6.45) is 2.11. The maximum atomic E-state index is 12.2. The number of anilines is 1. The van der Waals surface area contributed by atoms with Crippen LogP contribution in [0.25, 0.3) is 0 Å². The van der Waals surface area contributed by atoms with Gasteiger partial charge in [0.05, 0.1) is 14.2 Å². The molecule has 6 nitrogen and oxygen atoms in total. The quantitative estimate of drug-likeness (QED) is 0.701. The second-order valence-corrected chi connectivity index (χ2v) is 7.62. The topological polar surface area (TPSA) is 62.8 Å². The molecule has 1 saturated heterocycles. The summed E-state index contributed by atoms with van der Waals surface area (Å²) < 4.78 is 10.5. The van der Waals surface area contributed by atoms with Gasteiger partial charge in [-0.2, -0.15) is 0 Å². The van der Waals surface area contributed by atoms with Crippen molar-refractivity contribution in [3.8, 4) is 11.5 Å². The molecule has 3 rings (SSSR count). The maximum absolute atomic E-state index is 12.2. The van der Waals surface area contributed by atoms with Crippen LogP contribution in [-0.4, -0.2) is 44.8 Å². The van der Waals surface area contributed by atoms with Crippen LogP contribution in [0.1, 0.15) is 18.4 Å². The molecule has 1 heterocycles. The van der Waals surface area contributed by atoms with E-state index in [-0.39, 0.29) is 6.03 Å². The molecule has 0 radical (unpaired) electrons. The number of likely N-dealkylation sites (tertiary alicyclic amines) is 1. The van der Waals surface area contributed by atoms with E-state index in [1.807, 2.05) is 18.2 Å². The Morgan fingerprint density at radius 1 is 1.10 bits per heavy atom. The number of methoxy groups -OCH3 is 2. The third-order valence-electron chi connectivity index (χ3n) is 5.25. The molecule has 0 spiro atoms. The van der Waals surface area contributed by atoms with E-state index in [1.54, 1.807) is 32.4 Å². The molecule has 0 unspecified atom stereocenters. The van der Waals surface area contributed by atoms with Gasteiger partial charge in [0.1, 0.15) is 0 Å². The maximum Gasteiger partial charge on any atom is 0.319 e. The van der Waals surface area contributed by atoms with E-state index in [0.717, 1.165) is 37.5 Å². The average molecular weight is 418 g/mol. The van der Waals surface area contributed by atoms with Gasteiger partial charge in [-0.1, -0.05) is 29.8 Å². The Labute approximate surface area is 177 Å². The van der Waals surface area contributed by atoms with Gasteiger partial charge in [-0.25, -0.2) is 4.79 Å². The highest BCUT2D eigenvalue weighted by molar-refractivity contribution is 6.31. The number of halogens is 1. The fourth-order valence-corrected chi connectivity index (χ4v) is 3.74. The predicted octanol–water partition coefficient (Wildman–Crippen LogP) is 4.39. The number of hydrogen-bond donors (Lipinski definition) is 2. The highest BCUT2D eigenvalue weighted by Crippen LogP contribution is 2.29. The zero-order chi connectivity index (χ0) is 20.6. The van der Waals surface area contributed by atoms with Gasteiger partial charge in [-0.3, -0.25) is 4.90 Å². The largest absolute Gasteiger partial charge is 0.493 e. The lowest BCUT2D eigenvalue weighted by Gasteiger charge is -2.32. The average Bonchev–Trinajstić information content (AvgIpc) is 2.74. The molecule has 2 aromatic rings.